The number of aromatic nitrogens is 2. The zero-order valence-electron chi connectivity index (χ0n) is 17.5. The molecule has 1 fully saturated rings. The van der Waals surface area contributed by atoms with Crippen LogP contribution in [-0.2, 0) is 14.6 Å². The topological polar surface area (TPSA) is 61.2 Å². The number of hydrogen-bond donors (Lipinski definition) is 0. The van der Waals surface area contributed by atoms with Gasteiger partial charge in [-0.15, -0.1) is 0 Å². The molecule has 0 N–H and O–H groups in total. The molecule has 0 amide bonds. The lowest BCUT2D eigenvalue weighted by molar-refractivity contribution is 0.0552. The van der Waals surface area contributed by atoms with Gasteiger partial charge in [0.25, 0.3) is 0 Å². The van der Waals surface area contributed by atoms with Crippen molar-refractivity contribution in [2.75, 3.05) is 19.5 Å². The number of halogens is 2. The van der Waals surface area contributed by atoms with E-state index in [1.54, 1.807) is 6.20 Å². The molecule has 5 nitrogen and oxygen atoms in total. The highest BCUT2D eigenvalue weighted by Crippen LogP contribution is 2.43. The van der Waals surface area contributed by atoms with Crippen LogP contribution in [0.2, 0.25) is 0 Å². The van der Waals surface area contributed by atoms with Crippen molar-refractivity contribution in [2.45, 2.75) is 23.8 Å². The summed E-state index contributed by atoms with van der Waals surface area (Å²) in [6.45, 7) is 1.28. The third kappa shape index (κ3) is 3.64. The van der Waals surface area contributed by atoms with Crippen LogP contribution in [-0.4, -0.2) is 37.4 Å². The van der Waals surface area contributed by atoms with Crippen LogP contribution in [0.5, 0.6) is 0 Å². The molecule has 0 spiro atoms. The van der Waals surface area contributed by atoms with Crippen molar-refractivity contribution in [3.8, 4) is 0 Å². The standard InChI is InChI=1S/C24H22BrFN2O3S/c1-32(29,30)20-8-7-18(26)21-22-19(13-17(25)14-27-22)28(24(20)21)23(15-5-3-2-4-6-15)16-9-11-31-12-10-16/h2-8,13-14,16,23H,9-12H2,1H3. The minimum Gasteiger partial charge on any atom is -0.381 e. The van der Waals surface area contributed by atoms with Crippen LogP contribution < -0.4 is 0 Å². The van der Waals surface area contributed by atoms with E-state index in [9.17, 15) is 8.42 Å². The number of fused-ring (bicyclic) bond motifs is 3. The van der Waals surface area contributed by atoms with Crippen molar-refractivity contribution in [3.05, 3.63) is 70.6 Å². The van der Waals surface area contributed by atoms with E-state index in [1.165, 1.54) is 12.1 Å². The monoisotopic (exact) mass is 516 g/mol. The minimum atomic E-state index is -3.62. The Bertz CT molecular complexity index is 1410. The predicted octanol–water partition coefficient (Wildman–Crippen LogP) is 5.51. The Morgan fingerprint density at radius 1 is 1.16 bits per heavy atom. The van der Waals surface area contributed by atoms with Gasteiger partial charge in [-0.1, -0.05) is 30.3 Å². The Kier molecular flexibility index (Phi) is 5.55. The van der Waals surface area contributed by atoms with Gasteiger partial charge in [0.2, 0.25) is 0 Å². The number of pyridine rings is 1. The first-order valence-electron chi connectivity index (χ1n) is 10.5. The van der Waals surface area contributed by atoms with Gasteiger partial charge in [-0.05, 0) is 58.5 Å². The lowest BCUT2D eigenvalue weighted by atomic mass is 9.86. The minimum absolute atomic E-state index is 0.107. The lowest BCUT2D eigenvalue weighted by Crippen LogP contribution is -2.27. The van der Waals surface area contributed by atoms with Crippen molar-refractivity contribution in [3.63, 3.8) is 0 Å². The van der Waals surface area contributed by atoms with Crippen LogP contribution in [0.4, 0.5) is 4.39 Å². The predicted molar refractivity (Wildman–Crippen MR) is 126 cm³/mol. The van der Waals surface area contributed by atoms with Crippen molar-refractivity contribution >= 4 is 47.7 Å². The SMILES string of the molecule is CS(=O)(=O)c1ccc(F)c2c3ncc(Br)cc3n(C(c3ccccc3)C3CCOCC3)c12. The average Bonchev–Trinajstić information content (AvgIpc) is 3.10. The fraction of sp³-hybridized carbons (Fsp3) is 0.292. The van der Waals surface area contributed by atoms with E-state index in [0.717, 1.165) is 29.1 Å². The number of nitrogens with zero attached hydrogens (tertiary/aromatic N) is 2. The molecule has 3 heterocycles. The molecule has 0 bridgehead atoms. The van der Waals surface area contributed by atoms with Crippen molar-refractivity contribution in [1.29, 1.82) is 0 Å². The molecule has 0 saturated carbocycles. The van der Waals surface area contributed by atoms with E-state index >= 15 is 4.39 Å². The van der Waals surface area contributed by atoms with E-state index in [-0.39, 0.29) is 22.2 Å². The maximum atomic E-state index is 15.2. The van der Waals surface area contributed by atoms with Gasteiger partial charge in [0.05, 0.1) is 32.9 Å². The van der Waals surface area contributed by atoms with Crippen LogP contribution in [0.25, 0.3) is 21.9 Å². The first-order valence-corrected chi connectivity index (χ1v) is 13.1. The quantitative estimate of drug-likeness (QED) is 0.335. The van der Waals surface area contributed by atoms with E-state index in [4.69, 9.17) is 4.74 Å². The van der Waals surface area contributed by atoms with Gasteiger partial charge < -0.3 is 9.30 Å². The third-order valence-corrected chi connectivity index (χ3v) is 7.75. The molecule has 4 aromatic rings. The van der Waals surface area contributed by atoms with Crippen LogP contribution in [0.1, 0.15) is 24.4 Å². The molecule has 5 rings (SSSR count). The highest BCUT2D eigenvalue weighted by Gasteiger charge is 2.32. The Morgan fingerprint density at radius 3 is 2.56 bits per heavy atom. The van der Waals surface area contributed by atoms with Crippen molar-refractivity contribution in [2.24, 2.45) is 5.92 Å². The van der Waals surface area contributed by atoms with Gasteiger partial charge in [0.1, 0.15) is 5.82 Å². The molecule has 1 unspecified atom stereocenters. The van der Waals surface area contributed by atoms with Gasteiger partial charge in [0.15, 0.2) is 9.84 Å². The Labute approximate surface area is 194 Å². The molecule has 2 aromatic carbocycles. The Hall–Kier alpha value is -2.29. The lowest BCUT2D eigenvalue weighted by Gasteiger charge is -2.33. The van der Waals surface area contributed by atoms with Gasteiger partial charge in [-0.2, -0.15) is 0 Å². The number of benzene rings is 2. The molecule has 1 atom stereocenters. The summed E-state index contributed by atoms with van der Waals surface area (Å²) in [4.78, 5) is 4.61. The molecule has 0 radical (unpaired) electrons. The summed E-state index contributed by atoms with van der Waals surface area (Å²) < 4.78 is 49.2. The van der Waals surface area contributed by atoms with E-state index in [1.807, 2.05) is 41.0 Å². The number of ether oxygens (including phenoxy) is 1. The second-order valence-electron chi connectivity index (χ2n) is 8.24. The van der Waals surface area contributed by atoms with Crippen molar-refractivity contribution in [1.82, 2.24) is 9.55 Å². The molecule has 32 heavy (non-hydrogen) atoms. The van der Waals surface area contributed by atoms with Crippen LogP contribution in [0.3, 0.4) is 0 Å². The first kappa shape index (κ1) is 21.6. The van der Waals surface area contributed by atoms with Crippen LogP contribution in [0, 0.1) is 11.7 Å². The van der Waals surface area contributed by atoms with Crippen molar-refractivity contribution < 1.29 is 17.5 Å². The summed E-state index contributed by atoms with van der Waals surface area (Å²) in [5.41, 5.74) is 2.57. The Morgan fingerprint density at radius 2 is 1.88 bits per heavy atom. The fourth-order valence-corrected chi connectivity index (χ4v) is 6.03. The third-order valence-electron chi connectivity index (χ3n) is 6.19. The van der Waals surface area contributed by atoms with Crippen LogP contribution >= 0.6 is 15.9 Å². The molecule has 166 valence electrons. The van der Waals surface area contributed by atoms with Gasteiger partial charge >= 0.3 is 0 Å². The second kappa shape index (κ2) is 8.24. The van der Waals surface area contributed by atoms with Crippen LogP contribution in [0.15, 0.2) is 64.1 Å². The average molecular weight is 517 g/mol. The fourth-order valence-electron chi connectivity index (χ4n) is 4.84. The van der Waals surface area contributed by atoms with E-state index in [2.05, 4.69) is 20.9 Å². The number of rotatable bonds is 4. The molecular formula is C24H22BrFN2O3S. The molecule has 0 aliphatic carbocycles. The summed E-state index contributed by atoms with van der Waals surface area (Å²) in [7, 11) is -3.62. The molecule has 1 saturated heterocycles. The summed E-state index contributed by atoms with van der Waals surface area (Å²) in [6, 6.07) is 14.3. The van der Waals surface area contributed by atoms with E-state index < -0.39 is 15.7 Å². The summed E-state index contributed by atoms with van der Waals surface area (Å²) in [5.74, 6) is -0.288. The largest absolute Gasteiger partial charge is 0.381 e. The smallest absolute Gasteiger partial charge is 0.177 e. The van der Waals surface area contributed by atoms with E-state index in [0.29, 0.717) is 29.8 Å². The maximum absolute atomic E-state index is 15.2. The van der Waals surface area contributed by atoms with Gasteiger partial charge in [-0.25, -0.2) is 12.8 Å². The Balaban J connectivity index is 1.96. The first-order chi connectivity index (χ1) is 15.4. The molecule has 8 heteroatoms. The summed E-state index contributed by atoms with van der Waals surface area (Å²) in [6.07, 6.45) is 4.43. The molecule has 1 aliphatic heterocycles. The van der Waals surface area contributed by atoms with Gasteiger partial charge in [0, 0.05) is 30.1 Å². The van der Waals surface area contributed by atoms with Gasteiger partial charge in [-0.3, -0.25) is 4.98 Å². The molecule has 1 aliphatic rings. The zero-order valence-corrected chi connectivity index (χ0v) is 19.9. The second-order valence-corrected chi connectivity index (χ2v) is 11.1. The zero-order chi connectivity index (χ0) is 22.5. The normalized spacial score (nSPS) is 16.6. The highest BCUT2D eigenvalue weighted by molar-refractivity contribution is 9.10. The summed E-state index contributed by atoms with van der Waals surface area (Å²) >= 11 is 3.49. The summed E-state index contributed by atoms with van der Waals surface area (Å²) in [5, 5.41) is 0.239. The number of hydrogen-bond acceptors (Lipinski definition) is 4. The molecule has 2 aromatic heterocycles. The number of sulfone groups is 1. The maximum Gasteiger partial charge on any atom is 0.177 e. The highest BCUT2D eigenvalue weighted by atomic mass is 79.9. The molecular weight excluding hydrogens is 495 g/mol.